The molecule has 0 saturated heterocycles. The van der Waals surface area contributed by atoms with Crippen molar-refractivity contribution in [3.05, 3.63) is 35.0 Å². The molecule has 3 heteroatoms. The molecule has 0 N–H and O–H groups in total. The first-order valence-electron chi connectivity index (χ1n) is 5.22. The molecule has 0 aliphatic heterocycles. The first kappa shape index (κ1) is 10.4. The number of hydrogen-bond donors (Lipinski definition) is 0. The lowest BCUT2D eigenvalue weighted by molar-refractivity contribution is 0.764. The summed E-state index contributed by atoms with van der Waals surface area (Å²) in [6.07, 6.45) is 3.16. The van der Waals surface area contributed by atoms with Crippen LogP contribution in [0.1, 0.15) is 25.5 Å². The van der Waals surface area contributed by atoms with Crippen molar-refractivity contribution in [1.82, 2.24) is 10.2 Å². The maximum absolute atomic E-state index is 6.27. The second-order valence-electron chi connectivity index (χ2n) is 3.58. The number of nitrogens with zero attached hydrogens (tertiary/aromatic N) is 2. The third kappa shape index (κ3) is 2.10. The molecule has 0 aliphatic rings. The topological polar surface area (TPSA) is 25.8 Å². The molecule has 0 amide bonds. The molecule has 2 aromatic rings. The Morgan fingerprint density at radius 1 is 1.20 bits per heavy atom. The van der Waals surface area contributed by atoms with E-state index in [2.05, 4.69) is 17.1 Å². The van der Waals surface area contributed by atoms with Crippen molar-refractivity contribution in [2.45, 2.75) is 26.2 Å². The highest BCUT2D eigenvalue weighted by molar-refractivity contribution is 6.35. The fraction of sp³-hybridized carbons (Fsp3) is 0.333. The number of hydrogen-bond acceptors (Lipinski definition) is 2. The second kappa shape index (κ2) is 4.58. The Bertz CT molecular complexity index is 468. The van der Waals surface area contributed by atoms with Gasteiger partial charge in [-0.25, -0.2) is 0 Å². The maximum atomic E-state index is 6.27. The smallest absolute Gasteiger partial charge is 0.0944 e. The minimum Gasteiger partial charge on any atom is -0.153 e. The van der Waals surface area contributed by atoms with E-state index in [4.69, 9.17) is 11.6 Å². The van der Waals surface area contributed by atoms with E-state index < -0.39 is 0 Å². The van der Waals surface area contributed by atoms with Crippen molar-refractivity contribution in [2.75, 3.05) is 0 Å². The Balaban J connectivity index is 2.45. The van der Waals surface area contributed by atoms with Crippen molar-refractivity contribution < 1.29 is 0 Å². The summed E-state index contributed by atoms with van der Waals surface area (Å²) in [6.45, 7) is 2.16. The summed E-state index contributed by atoms with van der Waals surface area (Å²) in [7, 11) is 0. The Labute approximate surface area is 94.3 Å². The maximum Gasteiger partial charge on any atom is 0.0944 e. The molecule has 15 heavy (non-hydrogen) atoms. The SMILES string of the molecule is CCCCc1nnc2ccccc2c1Cl. The van der Waals surface area contributed by atoms with Crippen molar-refractivity contribution in [2.24, 2.45) is 0 Å². The molecule has 0 spiro atoms. The van der Waals surface area contributed by atoms with E-state index in [1.165, 1.54) is 0 Å². The van der Waals surface area contributed by atoms with Crippen LogP contribution < -0.4 is 0 Å². The molecule has 0 atom stereocenters. The van der Waals surface area contributed by atoms with Gasteiger partial charge in [-0.05, 0) is 18.9 Å². The number of aromatic nitrogens is 2. The lowest BCUT2D eigenvalue weighted by Crippen LogP contribution is -1.95. The average molecular weight is 221 g/mol. The summed E-state index contributed by atoms with van der Waals surface area (Å²) in [5, 5.41) is 10.1. The minimum atomic E-state index is 0.758. The molecule has 0 radical (unpaired) electrons. The van der Waals surface area contributed by atoms with Gasteiger partial charge in [0.15, 0.2) is 0 Å². The predicted octanol–water partition coefficient (Wildman–Crippen LogP) is 3.63. The summed E-state index contributed by atoms with van der Waals surface area (Å²) in [6, 6.07) is 7.83. The summed E-state index contributed by atoms with van der Waals surface area (Å²) in [4.78, 5) is 0. The summed E-state index contributed by atoms with van der Waals surface area (Å²) in [5.41, 5.74) is 1.78. The van der Waals surface area contributed by atoms with Crippen molar-refractivity contribution in [1.29, 1.82) is 0 Å². The van der Waals surface area contributed by atoms with Gasteiger partial charge in [0.1, 0.15) is 0 Å². The summed E-state index contributed by atoms with van der Waals surface area (Å²) < 4.78 is 0. The molecule has 1 heterocycles. The third-order valence-electron chi connectivity index (χ3n) is 2.44. The van der Waals surface area contributed by atoms with Crippen LogP contribution in [0.25, 0.3) is 10.9 Å². The fourth-order valence-corrected chi connectivity index (χ4v) is 1.86. The molecular weight excluding hydrogens is 208 g/mol. The Morgan fingerprint density at radius 2 is 2.00 bits per heavy atom. The zero-order valence-corrected chi connectivity index (χ0v) is 9.46. The third-order valence-corrected chi connectivity index (χ3v) is 2.86. The molecule has 0 unspecified atom stereocenters. The van der Waals surface area contributed by atoms with Crippen LogP contribution in [0, 0.1) is 0 Å². The Morgan fingerprint density at radius 3 is 2.80 bits per heavy atom. The molecule has 78 valence electrons. The zero-order chi connectivity index (χ0) is 10.7. The van der Waals surface area contributed by atoms with Gasteiger partial charge in [0.25, 0.3) is 0 Å². The van der Waals surface area contributed by atoms with Crippen LogP contribution in [-0.4, -0.2) is 10.2 Å². The number of unbranched alkanes of at least 4 members (excludes halogenated alkanes) is 1. The van der Waals surface area contributed by atoms with E-state index in [0.717, 1.165) is 40.9 Å². The second-order valence-corrected chi connectivity index (χ2v) is 3.96. The average Bonchev–Trinajstić information content (AvgIpc) is 2.29. The molecule has 2 rings (SSSR count). The van der Waals surface area contributed by atoms with Crippen molar-refractivity contribution in [3.8, 4) is 0 Å². The number of fused-ring (bicyclic) bond motifs is 1. The first-order valence-corrected chi connectivity index (χ1v) is 5.60. The summed E-state index contributed by atoms with van der Waals surface area (Å²) in [5.74, 6) is 0. The molecule has 0 saturated carbocycles. The first-order chi connectivity index (χ1) is 7.33. The van der Waals surface area contributed by atoms with Gasteiger partial charge in [-0.1, -0.05) is 43.1 Å². The van der Waals surface area contributed by atoms with Crippen LogP contribution in [0.2, 0.25) is 5.02 Å². The van der Waals surface area contributed by atoms with E-state index in [9.17, 15) is 0 Å². The number of aryl methyl sites for hydroxylation is 1. The van der Waals surface area contributed by atoms with E-state index in [0.29, 0.717) is 0 Å². The zero-order valence-electron chi connectivity index (χ0n) is 8.70. The predicted molar refractivity (Wildman–Crippen MR) is 63.2 cm³/mol. The Kier molecular flexibility index (Phi) is 3.17. The lowest BCUT2D eigenvalue weighted by atomic mass is 10.1. The Hall–Kier alpha value is -1.15. The normalized spacial score (nSPS) is 10.8. The van der Waals surface area contributed by atoms with Gasteiger partial charge < -0.3 is 0 Å². The van der Waals surface area contributed by atoms with E-state index in [1.807, 2.05) is 24.3 Å². The molecular formula is C12H13ClN2. The van der Waals surface area contributed by atoms with E-state index in [-0.39, 0.29) is 0 Å². The van der Waals surface area contributed by atoms with Crippen molar-refractivity contribution >= 4 is 22.5 Å². The van der Waals surface area contributed by atoms with Crippen LogP contribution in [-0.2, 0) is 6.42 Å². The molecule has 1 aromatic carbocycles. The van der Waals surface area contributed by atoms with E-state index in [1.54, 1.807) is 0 Å². The van der Waals surface area contributed by atoms with Gasteiger partial charge in [-0.3, -0.25) is 0 Å². The van der Waals surface area contributed by atoms with Crippen LogP contribution in [0.3, 0.4) is 0 Å². The van der Waals surface area contributed by atoms with E-state index >= 15 is 0 Å². The monoisotopic (exact) mass is 220 g/mol. The lowest BCUT2D eigenvalue weighted by Gasteiger charge is -2.04. The molecule has 0 bridgehead atoms. The largest absolute Gasteiger partial charge is 0.153 e. The minimum absolute atomic E-state index is 0.758. The number of rotatable bonds is 3. The number of benzene rings is 1. The summed E-state index contributed by atoms with van der Waals surface area (Å²) >= 11 is 6.27. The molecule has 1 aromatic heterocycles. The molecule has 2 nitrogen and oxygen atoms in total. The highest BCUT2D eigenvalue weighted by atomic mass is 35.5. The van der Waals surface area contributed by atoms with Crippen LogP contribution in [0.4, 0.5) is 0 Å². The van der Waals surface area contributed by atoms with Gasteiger partial charge in [-0.2, -0.15) is 10.2 Å². The standard InChI is InChI=1S/C12H13ClN2/c1-2-3-7-11-12(13)9-6-4-5-8-10(9)14-15-11/h4-6,8H,2-3,7H2,1H3. The van der Waals surface area contributed by atoms with Gasteiger partial charge in [0.2, 0.25) is 0 Å². The quantitative estimate of drug-likeness (QED) is 0.790. The van der Waals surface area contributed by atoms with Gasteiger partial charge in [0.05, 0.1) is 16.2 Å². The highest BCUT2D eigenvalue weighted by Crippen LogP contribution is 2.24. The fourth-order valence-electron chi connectivity index (χ4n) is 1.56. The number of halogens is 1. The highest BCUT2D eigenvalue weighted by Gasteiger charge is 2.07. The van der Waals surface area contributed by atoms with Crippen LogP contribution in [0.5, 0.6) is 0 Å². The molecule has 0 aliphatic carbocycles. The van der Waals surface area contributed by atoms with Gasteiger partial charge in [0, 0.05) is 5.39 Å². The van der Waals surface area contributed by atoms with Crippen LogP contribution >= 0.6 is 11.6 Å². The van der Waals surface area contributed by atoms with Crippen molar-refractivity contribution in [3.63, 3.8) is 0 Å². The van der Waals surface area contributed by atoms with Gasteiger partial charge >= 0.3 is 0 Å². The molecule has 0 fully saturated rings. The van der Waals surface area contributed by atoms with Gasteiger partial charge in [-0.15, -0.1) is 0 Å². The van der Waals surface area contributed by atoms with Crippen LogP contribution in [0.15, 0.2) is 24.3 Å².